The number of anilines is 2. The Morgan fingerprint density at radius 3 is 2.46 bits per heavy atom. The second-order valence-electron chi connectivity index (χ2n) is 5.81. The topological polar surface area (TPSA) is 130 Å². The predicted octanol–water partition coefficient (Wildman–Crippen LogP) is 2.33. The average Bonchev–Trinajstić information content (AvgIpc) is 3.14. The maximum Gasteiger partial charge on any atom is 0.337 e. The molecule has 9 nitrogen and oxygen atoms in total. The standard InChI is InChI=1S/C18H16N4O5S/c1-12(23)20-13-7-8-17(16(9-13)18(24)25)21-28(26,27)15-10-19-22(11-15)14-5-3-2-4-6-14/h2-11,21H,1H3,(H,20,23)(H,24,25). The van der Waals surface area contributed by atoms with Crippen molar-refractivity contribution in [2.45, 2.75) is 11.8 Å². The molecule has 0 saturated heterocycles. The third-order valence-electron chi connectivity index (χ3n) is 3.70. The number of carbonyl (C=O) groups is 2. The van der Waals surface area contributed by atoms with Gasteiger partial charge in [0, 0.05) is 12.6 Å². The van der Waals surface area contributed by atoms with Crippen molar-refractivity contribution in [2.75, 3.05) is 10.0 Å². The lowest BCUT2D eigenvalue weighted by Gasteiger charge is -2.11. The fraction of sp³-hybridized carbons (Fsp3) is 0.0556. The summed E-state index contributed by atoms with van der Waals surface area (Å²) in [4.78, 5) is 22.5. The Kier molecular flexibility index (Phi) is 5.14. The molecular weight excluding hydrogens is 384 g/mol. The Hall–Kier alpha value is -3.66. The Morgan fingerprint density at radius 2 is 1.82 bits per heavy atom. The quantitative estimate of drug-likeness (QED) is 0.582. The minimum absolute atomic E-state index is 0.126. The van der Waals surface area contributed by atoms with Crippen molar-refractivity contribution < 1.29 is 23.1 Å². The minimum atomic E-state index is -4.08. The summed E-state index contributed by atoms with van der Waals surface area (Å²) in [5, 5.41) is 15.9. The van der Waals surface area contributed by atoms with Crippen LogP contribution in [0.2, 0.25) is 0 Å². The molecule has 3 N–H and O–H groups in total. The van der Waals surface area contributed by atoms with Crippen LogP contribution in [0.4, 0.5) is 11.4 Å². The van der Waals surface area contributed by atoms with Crippen LogP contribution < -0.4 is 10.0 Å². The molecule has 0 radical (unpaired) electrons. The molecular formula is C18H16N4O5S. The number of rotatable bonds is 6. The molecule has 1 heterocycles. The number of amides is 1. The van der Waals surface area contributed by atoms with Gasteiger partial charge in [-0.1, -0.05) is 18.2 Å². The summed E-state index contributed by atoms with van der Waals surface area (Å²) in [6.07, 6.45) is 2.49. The van der Waals surface area contributed by atoms with Crippen LogP contribution in [-0.2, 0) is 14.8 Å². The molecule has 3 aromatic rings. The van der Waals surface area contributed by atoms with Gasteiger partial charge in [-0.2, -0.15) is 5.10 Å². The van der Waals surface area contributed by atoms with Crippen molar-refractivity contribution in [3.63, 3.8) is 0 Å². The van der Waals surface area contributed by atoms with Gasteiger partial charge in [0.1, 0.15) is 4.90 Å². The van der Waals surface area contributed by atoms with Crippen LogP contribution in [0.1, 0.15) is 17.3 Å². The zero-order valence-corrected chi connectivity index (χ0v) is 15.5. The Labute approximate surface area is 160 Å². The largest absolute Gasteiger partial charge is 0.478 e. The first-order valence-electron chi connectivity index (χ1n) is 8.04. The lowest BCUT2D eigenvalue weighted by Crippen LogP contribution is -2.16. The highest BCUT2D eigenvalue weighted by Crippen LogP contribution is 2.24. The minimum Gasteiger partial charge on any atom is -0.478 e. The summed E-state index contributed by atoms with van der Waals surface area (Å²) in [5.41, 5.74) is 0.485. The predicted molar refractivity (Wildman–Crippen MR) is 102 cm³/mol. The van der Waals surface area contributed by atoms with Crippen LogP contribution in [0.25, 0.3) is 5.69 Å². The molecule has 28 heavy (non-hydrogen) atoms. The SMILES string of the molecule is CC(=O)Nc1ccc(NS(=O)(=O)c2cnn(-c3ccccc3)c2)c(C(=O)O)c1. The molecule has 10 heteroatoms. The van der Waals surface area contributed by atoms with Crippen LogP contribution in [0.3, 0.4) is 0 Å². The van der Waals surface area contributed by atoms with E-state index in [2.05, 4.69) is 15.1 Å². The van der Waals surface area contributed by atoms with E-state index in [4.69, 9.17) is 0 Å². The van der Waals surface area contributed by atoms with E-state index in [1.54, 1.807) is 24.3 Å². The van der Waals surface area contributed by atoms with E-state index in [-0.39, 0.29) is 27.7 Å². The first kappa shape index (κ1) is 19.1. The number of aromatic nitrogens is 2. The van der Waals surface area contributed by atoms with Gasteiger partial charge in [-0.25, -0.2) is 17.9 Å². The highest BCUT2D eigenvalue weighted by atomic mass is 32.2. The van der Waals surface area contributed by atoms with Gasteiger partial charge in [0.15, 0.2) is 0 Å². The maximum absolute atomic E-state index is 12.7. The molecule has 3 rings (SSSR count). The molecule has 0 fully saturated rings. The summed E-state index contributed by atoms with van der Waals surface area (Å²) in [5.74, 6) is -1.72. The summed E-state index contributed by atoms with van der Waals surface area (Å²) < 4.78 is 29.0. The first-order chi connectivity index (χ1) is 13.3. The van der Waals surface area contributed by atoms with E-state index in [0.29, 0.717) is 5.69 Å². The van der Waals surface area contributed by atoms with E-state index in [0.717, 1.165) is 0 Å². The van der Waals surface area contributed by atoms with Crippen LogP contribution in [0.5, 0.6) is 0 Å². The molecule has 1 amide bonds. The number of carboxylic acids is 1. The molecule has 0 unspecified atom stereocenters. The van der Waals surface area contributed by atoms with E-state index < -0.39 is 16.0 Å². The van der Waals surface area contributed by atoms with Crippen molar-refractivity contribution in [3.8, 4) is 5.69 Å². The van der Waals surface area contributed by atoms with Crippen LogP contribution >= 0.6 is 0 Å². The smallest absolute Gasteiger partial charge is 0.337 e. The van der Waals surface area contributed by atoms with Crippen molar-refractivity contribution in [3.05, 3.63) is 66.5 Å². The number of nitrogens with zero attached hydrogens (tertiary/aromatic N) is 2. The zero-order valence-electron chi connectivity index (χ0n) is 14.7. The Morgan fingerprint density at radius 1 is 1.11 bits per heavy atom. The number of para-hydroxylation sites is 1. The van der Waals surface area contributed by atoms with E-state index in [1.165, 1.54) is 42.2 Å². The Bertz CT molecular complexity index is 1140. The Balaban J connectivity index is 1.91. The monoisotopic (exact) mass is 400 g/mol. The van der Waals surface area contributed by atoms with Gasteiger partial charge in [0.25, 0.3) is 10.0 Å². The maximum atomic E-state index is 12.7. The lowest BCUT2D eigenvalue weighted by atomic mass is 10.1. The average molecular weight is 400 g/mol. The highest BCUT2D eigenvalue weighted by molar-refractivity contribution is 7.92. The van der Waals surface area contributed by atoms with E-state index >= 15 is 0 Å². The molecule has 0 aliphatic carbocycles. The lowest BCUT2D eigenvalue weighted by molar-refractivity contribution is -0.114. The number of aromatic carboxylic acids is 1. The van der Waals surface area contributed by atoms with E-state index in [9.17, 15) is 23.1 Å². The number of hydrogen-bond donors (Lipinski definition) is 3. The third-order valence-corrected chi connectivity index (χ3v) is 5.02. The van der Waals surface area contributed by atoms with Crippen LogP contribution in [0.15, 0.2) is 65.8 Å². The number of benzene rings is 2. The summed E-state index contributed by atoms with van der Waals surface area (Å²) in [7, 11) is -4.08. The van der Waals surface area contributed by atoms with Gasteiger partial charge in [-0.05, 0) is 30.3 Å². The van der Waals surface area contributed by atoms with Gasteiger partial charge >= 0.3 is 5.97 Å². The van der Waals surface area contributed by atoms with Crippen molar-refractivity contribution in [1.29, 1.82) is 0 Å². The molecule has 0 aliphatic heterocycles. The van der Waals surface area contributed by atoms with Crippen LogP contribution in [-0.4, -0.2) is 35.2 Å². The highest BCUT2D eigenvalue weighted by Gasteiger charge is 2.21. The fourth-order valence-corrected chi connectivity index (χ4v) is 3.47. The number of carbonyl (C=O) groups excluding carboxylic acids is 1. The zero-order chi connectivity index (χ0) is 20.3. The summed E-state index contributed by atoms with van der Waals surface area (Å²) in [6, 6.07) is 12.8. The fourth-order valence-electron chi connectivity index (χ4n) is 2.46. The molecule has 1 aromatic heterocycles. The molecule has 0 atom stereocenters. The van der Waals surface area contributed by atoms with Crippen molar-refractivity contribution in [2.24, 2.45) is 0 Å². The molecule has 0 aliphatic rings. The van der Waals surface area contributed by atoms with Crippen LogP contribution in [0, 0.1) is 0 Å². The van der Waals surface area contributed by atoms with Gasteiger partial charge in [0.2, 0.25) is 5.91 Å². The number of hydrogen-bond acceptors (Lipinski definition) is 5. The summed E-state index contributed by atoms with van der Waals surface area (Å²) >= 11 is 0. The molecule has 0 bridgehead atoms. The number of sulfonamides is 1. The van der Waals surface area contributed by atoms with Gasteiger partial charge in [0.05, 0.1) is 29.3 Å². The molecule has 0 saturated carbocycles. The number of carboxylic acid groups (broad SMARTS) is 1. The number of nitrogens with one attached hydrogen (secondary N) is 2. The summed E-state index contributed by atoms with van der Waals surface area (Å²) in [6.45, 7) is 1.28. The van der Waals surface area contributed by atoms with Gasteiger partial charge in [-0.15, -0.1) is 0 Å². The van der Waals surface area contributed by atoms with Crippen molar-refractivity contribution >= 4 is 33.3 Å². The van der Waals surface area contributed by atoms with E-state index in [1.807, 2.05) is 6.07 Å². The normalized spacial score (nSPS) is 11.0. The van der Waals surface area contributed by atoms with Gasteiger partial charge < -0.3 is 10.4 Å². The second kappa shape index (κ2) is 7.53. The second-order valence-corrected chi connectivity index (χ2v) is 7.49. The third kappa shape index (κ3) is 4.18. The molecule has 2 aromatic carbocycles. The van der Waals surface area contributed by atoms with Crippen molar-refractivity contribution in [1.82, 2.24) is 9.78 Å². The molecule has 0 spiro atoms. The first-order valence-corrected chi connectivity index (χ1v) is 9.52. The van der Waals surface area contributed by atoms with Gasteiger partial charge in [-0.3, -0.25) is 9.52 Å². The molecule has 144 valence electrons.